The highest BCUT2D eigenvalue weighted by atomic mass is 16.5. The highest BCUT2D eigenvalue weighted by Gasteiger charge is 2.60. The van der Waals surface area contributed by atoms with Crippen molar-refractivity contribution in [3.05, 3.63) is 60.2 Å². The van der Waals surface area contributed by atoms with E-state index >= 15 is 0 Å². The molecule has 0 radical (unpaired) electrons. The van der Waals surface area contributed by atoms with Gasteiger partial charge in [0.25, 0.3) is 0 Å². The highest BCUT2D eigenvalue weighted by Crippen LogP contribution is 2.55. The number of ether oxygens (including phenoxy) is 1. The minimum Gasteiger partial charge on any atom is -0.508 e. The second-order valence-corrected chi connectivity index (χ2v) is 10.2. The Balaban J connectivity index is 1.72. The van der Waals surface area contributed by atoms with Gasteiger partial charge in [-0.3, -0.25) is 4.99 Å². The Morgan fingerprint density at radius 1 is 1.03 bits per heavy atom. The largest absolute Gasteiger partial charge is 0.508 e. The molecule has 1 spiro atoms. The summed E-state index contributed by atoms with van der Waals surface area (Å²) < 4.78 is 6.88. The van der Waals surface area contributed by atoms with Gasteiger partial charge in [0.1, 0.15) is 17.2 Å². The Hall–Kier alpha value is -3.01. The summed E-state index contributed by atoms with van der Waals surface area (Å²) in [6.07, 6.45) is 1.98. The van der Waals surface area contributed by atoms with Crippen molar-refractivity contribution < 1.29 is 9.84 Å². The van der Waals surface area contributed by atoms with Crippen LogP contribution < -0.4 is 9.64 Å². The zero-order valence-corrected chi connectivity index (χ0v) is 18.2. The number of para-hydroxylation sites is 1. The van der Waals surface area contributed by atoms with Gasteiger partial charge in [0.2, 0.25) is 5.72 Å². The molecule has 154 valence electrons. The van der Waals surface area contributed by atoms with E-state index in [0.717, 1.165) is 28.8 Å². The number of benzene rings is 3. The van der Waals surface area contributed by atoms with Crippen LogP contribution in [0, 0.1) is 5.41 Å². The van der Waals surface area contributed by atoms with Gasteiger partial charge in [-0.05, 0) is 54.5 Å². The first-order valence-electron chi connectivity index (χ1n) is 10.5. The molecule has 0 aliphatic carbocycles. The number of phenolic OH excluding ortho intramolecular Hbond substituents is 1. The maximum atomic E-state index is 10.0. The molecule has 1 N–H and O–H groups in total. The van der Waals surface area contributed by atoms with Gasteiger partial charge in [0.15, 0.2) is 0 Å². The molecule has 30 heavy (non-hydrogen) atoms. The van der Waals surface area contributed by atoms with Crippen LogP contribution in [0.15, 0.2) is 59.6 Å². The third-order valence-corrected chi connectivity index (χ3v) is 6.37. The second-order valence-electron chi connectivity index (χ2n) is 10.2. The lowest BCUT2D eigenvalue weighted by molar-refractivity contribution is 0.0716. The van der Waals surface area contributed by atoms with Crippen molar-refractivity contribution in [2.24, 2.45) is 10.4 Å². The molecule has 0 aromatic heterocycles. The summed E-state index contributed by atoms with van der Waals surface area (Å²) in [7, 11) is 0. The van der Waals surface area contributed by atoms with Gasteiger partial charge >= 0.3 is 0 Å². The molecule has 2 aliphatic heterocycles. The smallest absolute Gasteiger partial charge is 0.228 e. The second kappa shape index (κ2) is 6.00. The molecule has 0 amide bonds. The van der Waals surface area contributed by atoms with E-state index in [-0.39, 0.29) is 16.6 Å². The van der Waals surface area contributed by atoms with Gasteiger partial charge in [-0.2, -0.15) is 0 Å². The number of hydrogen-bond donors (Lipinski definition) is 1. The fourth-order valence-corrected chi connectivity index (χ4v) is 4.87. The van der Waals surface area contributed by atoms with Crippen LogP contribution in [0.5, 0.6) is 11.5 Å². The van der Waals surface area contributed by atoms with Crippen LogP contribution in [-0.4, -0.2) is 23.6 Å². The third-order valence-electron chi connectivity index (χ3n) is 6.37. The highest BCUT2D eigenvalue weighted by molar-refractivity contribution is 6.00. The van der Waals surface area contributed by atoms with Crippen LogP contribution in [-0.2, 0) is 5.41 Å². The minimum absolute atomic E-state index is 0.0766. The quantitative estimate of drug-likeness (QED) is 0.530. The lowest BCUT2D eigenvalue weighted by Gasteiger charge is -2.48. The number of nitrogens with zero attached hydrogens (tertiary/aromatic N) is 2. The predicted molar refractivity (Wildman–Crippen MR) is 123 cm³/mol. The zero-order valence-electron chi connectivity index (χ0n) is 18.2. The molecule has 1 atom stereocenters. The molecule has 0 saturated heterocycles. The van der Waals surface area contributed by atoms with Crippen molar-refractivity contribution in [3.63, 3.8) is 0 Å². The Labute approximate surface area is 177 Å². The maximum absolute atomic E-state index is 10.0. The number of fused-ring (bicyclic) bond motifs is 4. The first kappa shape index (κ1) is 19.0. The SMILES string of the molecule is CC(C)(C)CN1c2ccccc2C(C)(C)C12C=Nc1c(ccc3ccc(O)cc13)O2. The number of hydrogen-bond acceptors (Lipinski definition) is 4. The molecule has 3 aromatic carbocycles. The van der Waals surface area contributed by atoms with E-state index in [1.807, 2.05) is 24.4 Å². The van der Waals surface area contributed by atoms with Gasteiger partial charge in [-0.1, -0.05) is 51.1 Å². The van der Waals surface area contributed by atoms with Crippen molar-refractivity contribution >= 4 is 28.4 Å². The molecule has 3 aromatic rings. The van der Waals surface area contributed by atoms with Gasteiger partial charge < -0.3 is 14.7 Å². The number of aliphatic imine (C=N–C) groups is 1. The summed E-state index contributed by atoms with van der Waals surface area (Å²) in [6.45, 7) is 12.1. The summed E-state index contributed by atoms with van der Waals surface area (Å²) >= 11 is 0. The monoisotopic (exact) mass is 400 g/mol. The average molecular weight is 401 g/mol. The van der Waals surface area contributed by atoms with Gasteiger partial charge in [0, 0.05) is 17.6 Å². The van der Waals surface area contributed by atoms with Gasteiger partial charge in [-0.25, -0.2) is 0 Å². The summed E-state index contributed by atoms with van der Waals surface area (Å²) in [5.41, 5.74) is 2.29. The zero-order chi connectivity index (χ0) is 21.3. The first-order chi connectivity index (χ1) is 14.1. The summed E-state index contributed by atoms with van der Waals surface area (Å²) in [4.78, 5) is 7.33. The molecule has 0 bridgehead atoms. The Kier molecular flexibility index (Phi) is 3.80. The fraction of sp³-hybridized carbons (Fsp3) is 0.346. The third kappa shape index (κ3) is 2.56. The summed E-state index contributed by atoms with van der Waals surface area (Å²) in [5.74, 6) is 0.977. The van der Waals surface area contributed by atoms with E-state index < -0.39 is 5.72 Å². The van der Waals surface area contributed by atoms with E-state index in [9.17, 15) is 5.11 Å². The number of anilines is 1. The minimum atomic E-state index is -0.721. The van der Waals surface area contributed by atoms with Gasteiger partial charge in [0.05, 0.1) is 11.6 Å². The van der Waals surface area contributed by atoms with Crippen LogP contribution >= 0.6 is 0 Å². The van der Waals surface area contributed by atoms with Crippen molar-refractivity contribution in [3.8, 4) is 11.5 Å². The normalized spacial score (nSPS) is 21.6. The topological polar surface area (TPSA) is 45.1 Å². The molecule has 5 rings (SSSR count). The molecule has 2 aliphatic rings. The Bertz CT molecular complexity index is 1190. The summed E-state index contributed by atoms with van der Waals surface area (Å²) in [6, 6.07) is 18.0. The van der Waals surface area contributed by atoms with Gasteiger partial charge in [-0.15, -0.1) is 0 Å². The summed E-state index contributed by atoms with van der Waals surface area (Å²) in [5, 5.41) is 11.9. The lowest BCUT2D eigenvalue weighted by atomic mass is 9.77. The van der Waals surface area contributed by atoms with Crippen LogP contribution in [0.25, 0.3) is 10.8 Å². The standard InChI is InChI=1S/C26H28N2O2/c1-24(2,3)16-28-21-9-7-6-8-20(21)25(4,5)26(28)15-27-23-19-14-18(29)12-10-17(19)11-13-22(23)30-26/h6-15,29H,16H2,1-5H3. The molecular weight excluding hydrogens is 372 g/mol. The van der Waals surface area contributed by atoms with Crippen molar-refractivity contribution in [2.75, 3.05) is 11.4 Å². The van der Waals surface area contributed by atoms with Crippen LogP contribution in [0.4, 0.5) is 11.4 Å². The maximum Gasteiger partial charge on any atom is 0.228 e. The van der Waals surface area contributed by atoms with E-state index in [0.29, 0.717) is 0 Å². The molecule has 2 heterocycles. The number of phenols is 1. The predicted octanol–water partition coefficient (Wildman–Crippen LogP) is 6.18. The van der Waals surface area contributed by atoms with Crippen LogP contribution in [0.3, 0.4) is 0 Å². The van der Waals surface area contributed by atoms with E-state index in [2.05, 4.69) is 63.8 Å². The Morgan fingerprint density at radius 2 is 1.77 bits per heavy atom. The van der Waals surface area contributed by atoms with E-state index in [4.69, 9.17) is 9.73 Å². The van der Waals surface area contributed by atoms with Crippen molar-refractivity contribution in [2.45, 2.75) is 45.8 Å². The number of aromatic hydroxyl groups is 1. The molecular formula is C26H28N2O2. The van der Waals surface area contributed by atoms with Crippen molar-refractivity contribution in [1.82, 2.24) is 0 Å². The van der Waals surface area contributed by atoms with E-state index in [1.165, 1.54) is 11.3 Å². The van der Waals surface area contributed by atoms with Crippen LogP contribution in [0.1, 0.15) is 40.2 Å². The molecule has 1 unspecified atom stereocenters. The molecule has 4 nitrogen and oxygen atoms in total. The van der Waals surface area contributed by atoms with E-state index in [1.54, 1.807) is 12.1 Å². The lowest BCUT2D eigenvalue weighted by Crippen LogP contribution is -2.63. The van der Waals surface area contributed by atoms with Crippen molar-refractivity contribution in [1.29, 1.82) is 0 Å². The average Bonchev–Trinajstić information content (AvgIpc) is 2.86. The number of rotatable bonds is 1. The fourth-order valence-electron chi connectivity index (χ4n) is 4.87. The molecule has 0 saturated carbocycles. The van der Waals surface area contributed by atoms with Crippen LogP contribution in [0.2, 0.25) is 0 Å². The molecule has 0 fully saturated rings. The Morgan fingerprint density at radius 3 is 2.53 bits per heavy atom. The first-order valence-corrected chi connectivity index (χ1v) is 10.5. The molecule has 4 heteroatoms.